The highest BCUT2D eigenvalue weighted by Crippen LogP contribution is 2.20. The van der Waals surface area contributed by atoms with Crippen molar-refractivity contribution in [1.29, 1.82) is 0 Å². The molecule has 1 amide bonds. The van der Waals surface area contributed by atoms with Crippen LogP contribution in [0.25, 0.3) is 10.9 Å². The number of aryl methyl sites for hydroxylation is 1. The summed E-state index contributed by atoms with van der Waals surface area (Å²) in [5.74, 6) is -0.676. The Balaban J connectivity index is 1.90. The molecule has 1 unspecified atom stereocenters. The third kappa shape index (κ3) is 2.93. The first-order valence-corrected chi connectivity index (χ1v) is 7.50. The third-order valence-corrected chi connectivity index (χ3v) is 3.80. The first-order chi connectivity index (χ1) is 10.6. The van der Waals surface area contributed by atoms with Crippen molar-refractivity contribution in [2.75, 3.05) is 6.54 Å². The molecular formula is C17H18N2O3. The standard InChI is InChI=1S/C17H18N2O3/c1-11-10-13(12-6-2-3-7-14(12)19-11)17(21)22-15-8-4-5-9-18-16(15)20/h2-3,6-7,10,15H,4-5,8-9H2,1H3,(H,18,20). The van der Waals surface area contributed by atoms with E-state index in [0.29, 0.717) is 18.5 Å². The molecule has 2 heterocycles. The van der Waals surface area contributed by atoms with Crippen LogP contribution in [-0.2, 0) is 9.53 Å². The van der Waals surface area contributed by atoms with Crippen molar-refractivity contribution in [3.05, 3.63) is 41.6 Å². The van der Waals surface area contributed by atoms with Crippen LogP contribution in [0, 0.1) is 6.92 Å². The molecule has 0 saturated carbocycles. The van der Waals surface area contributed by atoms with Crippen LogP contribution < -0.4 is 5.32 Å². The summed E-state index contributed by atoms with van der Waals surface area (Å²) in [6, 6.07) is 9.14. The van der Waals surface area contributed by atoms with Gasteiger partial charge in [0.05, 0.1) is 11.1 Å². The summed E-state index contributed by atoms with van der Waals surface area (Å²) < 4.78 is 5.45. The number of rotatable bonds is 2. The van der Waals surface area contributed by atoms with E-state index in [4.69, 9.17) is 4.74 Å². The molecule has 1 fully saturated rings. The highest BCUT2D eigenvalue weighted by Gasteiger charge is 2.26. The zero-order chi connectivity index (χ0) is 15.5. The predicted octanol–water partition coefficient (Wildman–Crippen LogP) is 2.37. The van der Waals surface area contributed by atoms with E-state index in [-0.39, 0.29) is 5.91 Å². The molecule has 1 aliphatic heterocycles. The lowest BCUT2D eigenvalue weighted by atomic mass is 10.1. The van der Waals surface area contributed by atoms with Gasteiger partial charge in [-0.3, -0.25) is 9.78 Å². The topological polar surface area (TPSA) is 68.3 Å². The van der Waals surface area contributed by atoms with Crippen LogP contribution in [0.3, 0.4) is 0 Å². The number of carbonyl (C=O) groups is 2. The Morgan fingerprint density at radius 1 is 1.32 bits per heavy atom. The van der Waals surface area contributed by atoms with Crippen molar-refractivity contribution in [2.45, 2.75) is 32.3 Å². The van der Waals surface area contributed by atoms with E-state index in [0.717, 1.165) is 29.4 Å². The van der Waals surface area contributed by atoms with Gasteiger partial charge in [-0.25, -0.2) is 4.79 Å². The second kappa shape index (κ2) is 6.13. The van der Waals surface area contributed by atoms with Crippen LogP contribution in [0.2, 0.25) is 0 Å². The van der Waals surface area contributed by atoms with Crippen LogP contribution in [0.5, 0.6) is 0 Å². The summed E-state index contributed by atoms with van der Waals surface area (Å²) in [7, 11) is 0. The van der Waals surface area contributed by atoms with Gasteiger partial charge in [0.15, 0.2) is 6.10 Å². The van der Waals surface area contributed by atoms with E-state index < -0.39 is 12.1 Å². The van der Waals surface area contributed by atoms with Gasteiger partial charge in [0.1, 0.15) is 0 Å². The zero-order valence-corrected chi connectivity index (χ0v) is 12.5. The zero-order valence-electron chi connectivity index (χ0n) is 12.5. The third-order valence-electron chi connectivity index (χ3n) is 3.80. The number of nitrogens with one attached hydrogen (secondary N) is 1. The number of benzene rings is 1. The lowest BCUT2D eigenvalue weighted by molar-refractivity contribution is -0.129. The Kier molecular flexibility index (Phi) is 4.04. The first-order valence-electron chi connectivity index (χ1n) is 7.50. The lowest BCUT2D eigenvalue weighted by Gasteiger charge is -2.15. The summed E-state index contributed by atoms with van der Waals surface area (Å²) in [5.41, 5.74) is 1.95. The minimum atomic E-state index is -0.706. The van der Waals surface area contributed by atoms with Gasteiger partial charge in [0, 0.05) is 17.6 Å². The minimum Gasteiger partial charge on any atom is -0.449 e. The molecule has 0 bridgehead atoms. The molecular weight excluding hydrogens is 280 g/mol. The van der Waals surface area contributed by atoms with Crippen molar-refractivity contribution in [1.82, 2.24) is 10.3 Å². The Bertz CT molecular complexity index is 727. The van der Waals surface area contributed by atoms with E-state index >= 15 is 0 Å². The van der Waals surface area contributed by atoms with Crippen molar-refractivity contribution in [3.8, 4) is 0 Å². The fourth-order valence-electron chi connectivity index (χ4n) is 2.69. The Morgan fingerprint density at radius 3 is 3.00 bits per heavy atom. The van der Waals surface area contributed by atoms with Crippen LogP contribution >= 0.6 is 0 Å². The van der Waals surface area contributed by atoms with E-state index in [2.05, 4.69) is 10.3 Å². The van der Waals surface area contributed by atoms with E-state index in [1.54, 1.807) is 6.07 Å². The van der Waals surface area contributed by atoms with Crippen molar-refractivity contribution < 1.29 is 14.3 Å². The largest absolute Gasteiger partial charge is 0.449 e. The molecule has 0 radical (unpaired) electrons. The molecule has 3 rings (SSSR count). The van der Waals surface area contributed by atoms with Gasteiger partial charge in [-0.05, 0) is 38.3 Å². The first kappa shape index (κ1) is 14.5. The van der Waals surface area contributed by atoms with Crippen LogP contribution in [0.4, 0.5) is 0 Å². The van der Waals surface area contributed by atoms with Crippen LogP contribution in [0.15, 0.2) is 30.3 Å². The fourth-order valence-corrected chi connectivity index (χ4v) is 2.69. The number of esters is 1. The summed E-state index contributed by atoms with van der Waals surface area (Å²) >= 11 is 0. The molecule has 1 aromatic carbocycles. The second-order valence-electron chi connectivity index (χ2n) is 5.51. The Hall–Kier alpha value is -2.43. The van der Waals surface area contributed by atoms with E-state index in [1.807, 2.05) is 31.2 Å². The highest BCUT2D eigenvalue weighted by molar-refractivity contribution is 6.04. The summed E-state index contributed by atoms with van der Waals surface area (Å²) in [6.45, 7) is 2.48. The molecule has 114 valence electrons. The van der Waals surface area contributed by atoms with Gasteiger partial charge in [0.2, 0.25) is 0 Å². The number of hydrogen-bond acceptors (Lipinski definition) is 4. The van der Waals surface area contributed by atoms with Gasteiger partial charge in [-0.1, -0.05) is 18.2 Å². The number of amides is 1. The van der Waals surface area contributed by atoms with E-state index in [1.165, 1.54) is 0 Å². The SMILES string of the molecule is Cc1cc(C(=O)OC2CCCCNC2=O)c2ccccc2n1. The van der Waals surface area contributed by atoms with Gasteiger partial charge < -0.3 is 10.1 Å². The molecule has 5 nitrogen and oxygen atoms in total. The summed E-state index contributed by atoms with van der Waals surface area (Å²) in [6.07, 6.45) is 1.64. The molecule has 1 atom stereocenters. The predicted molar refractivity (Wildman–Crippen MR) is 82.5 cm³/mol. The van der Waals surface area contributed by atoms with Gasteiger partial charge in [0.25, 0.3) is 5.91 Å². The van der Waals surface area contributed by atoms with Crippen LogP contribution in [-0.4, -0.2) is 29.5 Å². The number of ether oxygens (including phenoxy) is 1. The maximum Gasteiger partial charge on any atom is 0.339 e. The van der Waals surface area contributed by atoms with Crippen molar-refractivity contribution in [2.24, 2.45) is 0 Å². The number of nitrogens with zero attached hydrogens (tertiary/aromatic N) is 1. The molecule has 2 aromatic rings. The van der Waals surface area contributed by atoms with Gasteiger partial charge in [-0.2, -0.15) is 0 Å². The van der Waals surface area contributed by atoms with Crippen molar-refractivity contribution >= 4 is 22.8 Å². The lowest BCUT2D eigenvalue weighted by Crippen LogP contribution is -2.36. The Morgan fingerprint density at radius 2 is 2.14 bits per heavy atom. The Labute approximate surface area is 128 Å². The van der Waals surface area contributed by atoms with Crippen molar-refractivity contribution in [3.63, 3.8) is 0 Å². The number of aromatic nitrogens is 1. The summed E-state index contributed by atoms with van der Waals surface area (Å²) in [4.78, 5) is 28.8. The maximum absolute atomic E-state index is 12.5. The summed E-state index contributed by atoms with van der Waals surface area (Å²) in [5, 5.41) is 3.51. The maximum atomic E-state index is 12.5. The molecule has 5 heteroatoms. The smallest absolute Gasteiger partial charge is 0.339 e. The quantitative estimate of drug-likeness (QED) is 0.864. The van der Waals surface area contributed by atoms with Gasteiger partial charge in [-0.15, -0.1) is 0 Å². The number of carbonyl (C=O) groups excluding carboxylic acids is 2. The second-order valence-corrected chi connectivity index (χ2v) is 5.51. The molecule has 0 spiro atoms. The monoisotopic (exact) mass is 298 g/mol. The average Bonchev–Trinajstić information content (AvgIpc) is 2.71. The van der Waals surface area contributed by atoms with E-state index in [9.17, 15) is 9.59 Å². The molecule has 1 N–H and O–H groups in total. The number of fused-ring (bicyclic) bond motifs is 1. The minimum absolute atomic E-state index is 0.207. The number of hydrogen-bond donors (Lipinski definition) is 1. The van der Waals surface area contributed by atoms with Gasteiger partial charge >= 0.3 is 5.97 Å². The average molecular weight is 298 g/mol. The molecule has 0 aliphatic carbocycles. The van der Waals surface area contributed by atoms with Crippen LogP contribution in [0.1, 0.15) is 35.3 Å². The number of para-hydroxylation sites is 1. The molecule has 1 aromatic heterocycles. The highest BCUT2D eigenvalue weighted by atomic mass is 16.5. The molecule has 22 heavy (non-hydrogen) atoms. The molecule has 1 aliphatic rings. The fraction of sp³-hybridized carbons (Fsp3) is 0.353. The normalized spacial score (nSPS) is 18.6. The number of pyridine rings is 1. The molecule has 1 saturated heterocycles.